The second-order valence-electron chi connectivity index (χ2n) is 4.34. The molecule has 0 aliphatic carbocycles. The van der Waals surface area contributed by atoms with Crippen LogP contribution in [0.4, 0.5) is 0 Å². The van der Waals surface area contributed by atoms with E-state index < -0.39 is 7.92 Å². The van der Waals surface area contributed by atoms with Gasteiger partial charge in [0.15, 0.2) is 0 Å². The molecule has 3 aromatic carbocycles. The van der Waals surface area contributed by atoms with Crippen LogP contribution in [0.2, 0.25) is 0 Å². The number of hydrogen-bond acceptors (Lipinski definition) is 0. The first-order chi connectivity index (χ1) is 9.45. The van der Waals surface area contributed by atoms with Crippen LogP contribution < -0.4 is 53.1 Å². The summed E-state index contributed by atoms with van der Waals surface area (Å²) >= 11 is 0. The zero-order valence-corrected chi connectivity index (χ0v) is 17.0. The molecule has 0 atom stereocenters. The molecule has 3 aromatic rings. The molecule has 0 heterocycles. The molecule has 5 heteroatoms. The summed E-state index contributed by atoms with van der Waals surface area (Å²) in [5.41, 5.74) is 0. The summed E-state index contributed by atoms with van der Waals surface area (Å²) in [4.78, 5) is 0. The topological polar surface area (TPSA) is 0 Å². The smallest absolute Gasteiger partial charge is 1.00 e. The summed E-state index contributed by atoms with van der Waals surface area (Å²) in [6.07, 6.45) is 0. The van der Waals surface area contributed by atoms with Crippen molar-refractivity contribution in [3.63, 3.8) is 0 Å². The van der Waals surface area contributed by atoms with Gasteiger partial charge < -0.3 is 37.2 Å². The largest absolute Gasteiger partial charge is 3.00 e. The van der Waals surface area contributed by atoms with Crippen molar-refractivity contribution in [3.05, 3.63) is 91.0 Å². The predicted molar refractivity (Wildman–Crippen MR) is 85.1 cm³/mol. The van der Waals surface area contributed by atoms with Crippen molar-refractivity contribution in [3.8, 4) is 0 Å². The minimum absolute atomic E-state index is 0. The molecule has 0 saturated heterocycles. The van der Waals surface area contributed by atoms with Crippen LogP contribution in [0.1, 0.15) is 0 Å². The molecule has 0 aromatic heterocycles. The molecule has 0 N–H and O–H groups in total. The second kappa shape index (κ2) is 13.0. The van der Waals surface area contributed by atoms with Gasteiger partial charge in [0.1, 0.15) is 0 Å². The number of hydrogen-bond donors (Lipinski definition) is 0. The van der Waals surface area contributed by atoms with Crippen molar-refractivity contribution in [1.29, 1.82) is 0 Å². The summed E-state index contributed by atoms with van der Waals surface area (Å²) in [7, 11) is -0.446. The average molecular weight is 417 g/mol. The molecule has 0 nitrogen and oxygen atoms in total. The molecule has 0 saturated carbocycles. The van der Waals surface area contributed by atoms with Crippen molar-refractivity contribution in [1.82, 2.24) is 0 Å². The maximum atomic E-state index is 2.23. The molecule has 0 amide bonds. The standard InChI is InChI=1S/C18H15P.3ClH.Ti/c1-4-10-16(11-5-1)19(17-12-6-2-7-13-17)18-14-8-3-9-15-18;;;;/h1-15H;3*1H;/q;;;;+3/p-3. The van der Waals surface area contributed by atoms with Gasteiger partial charge in [-0.15, -0.1) is 0 Å². The molecule has 0 spiro atoms. The van der Waals surface area contributed by atoms with Crippen LogP contribution in [-0.2, 0) is 21.7 Å². The van der Waals surface area contributed by atoms with Gasteiger partial charge in [-0.3, -0.25) is 0 Å². The van der Waals surface area contributed by atoms with Gasteiger partial charge in [0.2, 0.25) is 0 Å². The SMILES string of the molecule is [Cl-].[Cl-].[Cl-].[Ti+3].c1ccc(P(c2ccccc2)c2ccccc2)cc1. The van der Waals surface area contributed by atoms with Crippen LogP contribution in [0.3, 0.4) is 0 Å². The monoisotopic (exact) mass is 415 g/mol. The summed E-state index contributed by atoms with van der Waals surface area (Å²) in [5.74, 6) is 0. The fourth-order valence-corrected chi connectivity index (χ4v) is 4.48. The maximum absolute atomic E-state index is 2.23. The zero-order valence-electron chi connectivity index (χ0n) is 12.2. The van der Waals surface area contributed by atoms with Gasteiger partial charge in [-0.25, -0.2) is 0 Å². The predicted octanol–water partition coefficient (Wildman–Crippen LogP) is -5.55. The van der Waals surface area contributed by atoms with Crippen LogP contribution in [0.15, 0.2) is 91.0 Å². The summed E-state index contributed by atoms with van der Waals surface area (Å²) in [5, 5.41) is 4.19. The molecule has 0 fully saturated rings. The van der Waals surface area contributed by atoms with Crippen LogP contribution in [0, 0.1) is 0 Å². The Kier molecular flexibility index (Phi) is 14.1. The van der Waals surface area contributed by atoms with Gasteiger partial charge in [-0.2, -0.15) is 0 Å². The first-order valence-corrected chi connectivity index (χ1v) is 7.74. The minimum atomic E-state index is -0.446. The normalized spacial score (nSPS) is 8.74. The van der Waals surface area contributed by atoms with Crippen LogP contribution in [0.5, 0.6) is 0 Å². The van der Waals surface area contributed by atoms with E-state index in [1.165, 1.54) is 15.9 Å². The van der Waals surface area contributed by atoms with E-state index in [2.05, 4.69) is 91.0 Å². The Hall–Kier alpha value is -0.326. The molecule has 0 aliphatic heterocycles. The number of halogens is 3. The van der Waals surface area contributed by atoms with Crippen LogP contribution in [0.25, 0.3) is 0 Å². The summed E-state index contributed by atoms with van der Waals surface area (Å²) in [6.45, 7) is 0. The Bertz CT molecular complexity index is 542. The Labute approximate surface area is 173 Å². The molecule has 0 bridgehead atoms. The van der Waals surface area contributed by atoms with Crippen molar-refractivity contribution in [2.24, 2.45) is 0 Å². The molecule has 0 aliphatic rings. The third-order valence-electron chi connectivity index (χ3n) is 3.04. The van der Waals surface area contributed by atoms with Crippen molar-refractivity contribution >= 4 is 23.8 Å². The van der Waals surface area contributed by atoms with Crippen LogP contribution in [-0.4, -0.2) is 0 Å². The van der Waals surface area contributed by atoms with E-state index in [4.69, 9.17) is 0 Å². The molecular weight excluding hydrogens is 401 g/mol. The fraction of sp³-hybridized carbons (Fsp3) is 0. The molecule has 1 radical (unpaired) electrons. The van der Waals surface area contributed by atoms with E-state index in [0.717, 1.165) is 0 Å². The summed E-state index contributed by atoms with van der Waals surface area (Å²) < 4.78 is 0. The first-order valence-electron chi connectivity index (χ1n) is 6.40. The van der Waals surface area contributed by atoms with E-state index in [0.29, 0.717) is 0 Å². The third kappa shape index (κ3) is 6.59. The maximum Gasteiger partial charge on any atom is 3.00 e. The fourth-order valence-electron chi connectivity index (χ4n) is 2.18. The second-order valence-corrected chi connectivity index (χ2v) is 6.56. The quantitative estimate of drug-likeness (QED) is 0.295. The van der Waals surface area contributed by atoms with E-state index in [-0.39, 0.29) is 58.9 Å². The minimum Gasteiger partial charge on any atom is -1.00 e. The Morgan fingerprint density at radius 2 is 0.609 bits per heavy atom. The van der Waals surface area contributed by atoms with E-state index >= 15 is 0 Å². The van der Waals surface area contributed by atoms with Gasteiger partial charge in [-0.1, -0.05) is 91.0 Å². The van der Waals surface area contributed by atoms with Gasteiger partial charge >= 0.3 is 21.7 Å². The van der Waals surface area contributed by atoms with Crippen molar-refractivity contribution < 1.29 is 58.9 Å². The number of benzene rings is 3. The Morgan fingerprint density at radius 3 is 0.826 bits per heavy atom. The summed E-state index contributed by atoms with van der Waals surface area (Å²) in [6, 6.07) is 32.3. The zero-order chi connectivity index (χ0) is 12.9. The van der Waals surface area contributed by atoms with E-state index in [1.54, 1.807) is 0 Å². The van der Waals surface area contributed by atoms with Crippen LogP contribution >= 0.6 is 7.92 Å². The Balaban J connectivity index is 0. The van der Waals surface area contributed by atoms with Crippen molar-refractivity contribution in [2.75, 3.05) is 0 Å². The van der Waals surface area contributed by atoms with Gasteiger partial charge in [-0.05, 0) is 23.8 Å². The van der Waals surface area contributed by atoms with E-state index in [9.17, 15) is 0 Å². The molecule has 23 heavy (non-hydrogen) atoms. The van der Waals surface area contributed by atoms with E-state index in [1.807, 2.05) is 0 Å². The molecule has 3 rings (SSSR count). The third-order valence-corrected chi connectivity index (χ3v) is 5.49. The molecule has 117 valence electrons. The van der Waals surface area contributed by atoms with Gasteiger partial charge in [0, 0.05) is 0 Å². The molecular formula is C18H15Cl3PTi. The average Bonchev–Trinajstić information content (AvgIpc) is 2.51. The number of rotatable bonds is 3. The molecule has 0 unspecified atom stereocenters. The Morgan fingerprint density at radius 1 is 0.391 bits per heavy atom. The first kappa shape index (κ1) is 24.9. The van der Waals surface area contributed by atoms with Crippen molar-refractivity contribution in [2.45, 2.75) is 0 Å². The van der Waals surface area contributed by atoms with Gasteiger partial charge in [0.05, 0.1) is 0 Å². The van der Waals surface area contributed by atoms with Gasteiger partial charge in [0.25, 0.3) is 0 Å².